The minimum atomic E-state index is -0.387. The van der Waals surface area contributed by atoms with Gasteiger partial charge in [-0.3, -0.25) is 4.79 Å². The van der Waals surface area contributed by atoms with E-state index in [2.05, 4.69) is 10.3 Å². The summed E-state index contributed by atoms with van der Waals surface area (Å²) in [7, 11) is 1.76. The molecule has 6 nitrogen and oxygen atoms in total. The first-order valence-corrected chi connectivity index (χ1v) is 8.94. The molecule has 4 rings (SSSR count). The first kappa shape index (κ1) is 16.0. The predicted octanol–water partition coefficient (Wildman–Crippen LogP) is 3.54. The average Bonchev–Trinajstić information content (AvgIpc) is 3.51. The fourth-order valence-corrected chi connectivity index (χ4v) is 3.23. The van der Waals surface area contributed by atoms with Gasteiger partial charge >= 0.3 is 5.97 Å². The Hall–Kier alpha value is -2.50. The summed E-state index contributed by atoms with van der Waals surface area (Å²) in [4.78, 5) is 28.2. The number of esters is 1. The van der Waals surface area contributed by atoms with Crippen molar-refractivity contribution in [2.75, 3.05) is 11.9 Å². The van der Waals surface area contributed by atoms with Crippen LogP contribution in [0.2, 0.25) is 0 Å². The molecule has 2 aliphatic carbocycles. The molecule has 0 radical (unpaired) electrons. The number of hydrogen-bond acceptors (Lipinski definition) is 3. The summed E-state index contributed by atoms with van der Waals surface area (Å²) in [6.45, 7) is 2.09. The van der Waals surface area contributed by atoms with E-state index in [4.69, 9.17) is 4.74 Å². The van der Waals surface area contributed by atoms with Gasteiger partial charge in [0.25, 0.3) is 5.91 Å². The van der Waals surface area contributed by atoms with Crippen molar-refractivity contribution in [3.8, 4) is 0 Å². The van der Waals surface area contributed by atoms with Crippen LogP contribution in [0.25, 0.3) is 0 Å². The number of anilines is 1. The van der Waals surface area contributed by atoms with E-state index in [1.807, 2.05) is 6.07 Å². The Morgan fingerprint density at radius 2 is 1.96 bits per heavy atom. The second-order valence-corrected chi connectivity index (χ2v) is 7.00. The number of aromatic nitrogens is 2. The van der Waals surface area contributed by atoms with Crippen molar-refractivity contribution in [2.45, 2.75) is 44.4 Å². The van der Waals surface area contributed by atoms with Crippen LogP contribution in [0.4, 0.5) is 5.69 Å². The van der Waals surface area contributed by atoms with Gasteiger partial charge in [0.2, 0.25) is 0 Å². The SMILES string of the molecule is CCOC(=O)c1cc(NC(=O)c2cc(C3CC3)[nH]c2C2CC2)cn1C. The maximum atomic E-state index is 12.8. The third-order valence-electron chi connectivity index (χ3n) is 4.86. The minimum absolute atomic E-state index is 0.119. The number of H-pyrrole nitrogens is 1. The predicted molar refractivity (Wildman–Crippen MR) is 94.1 cm³/mol. The lowest BCUT2D eigenvalue weighted by Crippen LogP contribution is -2.12. The van der Waals surface area contributed by atoms with E-state index >= 15 is 0 Å². The molecule has 1 amide bonds. The Morgan fingerprint density at radius 3 is 2.60 bits per heavy atom. The highest BCUT2D eigenvalue weighted by molar-refractivity contribution is 6.06. The first-order valence-electron chi connectivity index (χ1n) is 8.94. The first-order chi connectivity index (χ1) is 12.1. The Kier molecular flexibility index (Phi) is 3.90. The van der Waals surface area contributed by atoms with Crippen LogP contribution in [-0.2, 0) is 11.8 Å². The van der Waals surface area contributed by atoms with Gasteiger partial charge in [0.1, 0.15) is 5.69 Å². The fourth-order valence-electron chi connectivity index (χ4n) is 3.23. The Bertz CT molecular complexity index is 825. The Balaban J connectivity index is 1.54. The number of amides is 1. The molecule has 2 fully saturated rings. The van der Waals surface area contributed by atoms with Gasteiger partial charge in [-0.2, -0.15) is 0 Å². The van der Waals surface area contributed by atoms with E-state index in [0.29, 0.717) is 29.8 Å². The van der Waals surface area contributed by atoms with Gasteiger partial charge in [0, 0.05) is 24.6 Å². The summed E-state index contributed by atoms with van der Waals surface area (Å²) in [6, 6.07) is 3.66. The van der Waals surface area contributed by atoms with Gasteiger partial charge in [-0.05, 0) is 56.6 Å². The van der Waals surface area contributed by atoms with Crippen LogP contribution >= 0.6 is 0 Å². The van der Waals surface area contributed by atoms with E-state index in [1.165, 1.54) is 18.5 Å². The van der Waals surface area contributed by atoms with Gasteiger partial charge in [-0.25, -0.2) is 4.79 Å². The van der Waals surface area contributed by atoms with E-state index in [-0.39, 0.29) is 11.9 Å². The number of nitrogens with zero attached hydrogens (tertiary/aromatic N) is 1. The third-order valence-corrected chi connectivity index (χ3v) is 4.86. The number of nitrogens with one attached hydrogen (secondary N) is 2. The number of carbonyl (C=O) groups is 2. The van der Waals surface area contributed by atoms with Crippen LogP contribution in [0, 0.1) is 0 Å². The highest BCUT2D eigenvalue weighted by atomic mass is 16.5. The van der Waals surface area contributed by atoms with Crippen LogP contribution in [0.1, 0.15) is 76.7 Å². The molecule has 2 aromatic rings. The molecule has 25 heavy (non-hydrogen) atoms. The van der Waals surface area contributed by atoms with E-state index < -0.39 is 0 Å². The van der Waals surface area contributed by atoms with Crippen LogP contribution in [-0.4, -0.2) is 28.0 Å². The molecule has 2 saturated carbocycles. The van der Waals surface area contributed by atoms with Gasteiger partial charge in [-0.15, -0.1) is 0 Å². The molecule has 0 bridgehead atoms. The molecule has 0 saturated heterocycles. The monoisotopic (exact) mass is 341 g/mol. The van der Waals surface area contributed by atoms with Crippen molar-refractivity contribution in [3.63, 3.8) is 0 Å². The molecule has 2 N–H and O–H groups in total. The number of hydrogen-bond donors (Lipinski definition) is 2. The lowest BCUT2D eigenvalue weighted by atomic mass is 10.1. The molecule has 132 valence electrons. The summed E-state index contributed by atoms with van der Waals surface area (Å²) >= 11 is 0. The second kappa shape index (κ2) is 6.10. The molecule has 2 aliphatic rings. The summed E-state index contributed by atoms with van der Waals surface area (Å²) < 4.78 is 6.70. The smallest absolute Gasteiger partial charge is 0.355 e. The highest BCUT2D eigenvalue weighted by Gasteiger charge is 2.33. The fraction of sp³-hybridized carbons (Fsp3) is 0.474. The van der Waals surface area contributed by atoms with Gasteiger partial charge in [-0.1, -0.05) is 0 Å². The van der Waals surface area contributed by atoms with Crippen LogP contribution in [0.3, 0.4) is 0 Å². The summed E-state index contributed by atoms with van der Waals surface area (Å²) in [5.74, 6) is 0.568. The largest absolute Gasteiger partial charge is 0.461 e. The summed E-state index contributed by atoms with van der Waals surface area (Å²) in [5, 5.41) is 2.92. The maximum absolute atomic E-state index is 12.8. The maximum Gasteiger partial charge on any atom is 0.355 e. The van der Waals surface area contributed by atoms with E-state index in [0.717, 1.165) is 24.1 Å². The van der Waals surface area contributed by atoms with Crippen molar-refractivity contribution in [2.24, 2.45) is 7.05 Å². The average molecular weight is 341 g/mol. The molecule has 0 spiro atoms. The molecule has 2 aromatic heterocycles. The molecule has 6 heteroatoms. The van der Waals surface area contributed by atoms with Gasteiger partial charge < -0.3 is 19.6 Å². The molecule has 0 atom stereocenters. The van der Waals surface area contributed by atoms with Gasteiger partial charge in [0.15, 0.2) is 0 Å². The number of aromatic amines is 1. The third kappa shape index (κ3) is 3.21. The lowest BCUT2D eigenvalue weighted by molar-refractivity contribution is 0.0515. The molecule has 0 aliphatic heterocycles. The molecule has 0 unspecified atom stereocenters. The van der Waals surface area contributed by atoms with Crippen LogP contribution in [0.15, 0.2) is 18.3 Å². The summed E-state index contributed by atoms with van der Waals surface area (Å²) in [6.07, 6.45) is 6.42. The van der Waals surface area contributed by atoms with E-state index in [1.54, 1.807) is 30.8 Å². The van der Waals surface area contributed by atoms with Crippen molar-refractivity contribution in [1.29, 1.82) is 0 Å². The highest BCUT2D eigenvalue weighted by Crippen LogP contribution is 2.45. The lowest BCUT2D eigenvalue weighted by Gasteiger charge is -2.03. The normalized spacial score (nSPS) is 16.7. The van der Waals surface area contributed by atoms with Crippen molar-refractivity contribution in [1.82, 2.24) is 9.55 Å². The zero-order chi connectivity index (χ0) is 17.6. The zero-order valence-corrected chi connectivity index (χ0v) is 14.6. The van der Waals surface area contributed by atoms with Crippen LogP contribution in [0.5, 0.6) is 0 Å². The van der Waals surface area contributed by atoms with Crippen molar-refractivity contribution in [3.05, 3.63) is 41.0 Å². The molecular formula is C19H23N3O3. The minimum Gasteiger partial charge on any atom is -0.461 e. The Labute approximate surface area is 146 Å². The standard InChI is InChI=1S/C19H23N3O3/c1-3-25-19(24)16-8-13(10-22(16)2)20-18(23)14-9-15(11-4-5-11)21-17(14)12-6-7-12/h8-12,21H,3-7H2,1-2H3,(H,20,23). The second-order valence-electron chi connectivity index (χ2n) is 7.00. The molecule has 0 aromatic carbocycles. The topological polar surface area (TPSA) is 76.1 Å². The van der Waals surface area contributed by atoms with Crippen LogP contribution < -0.4 is 5.32 Å². The number of ether oxygens (including phenoxy) is 1. The summed E-state index contributed by atoms with van der Waals surface area (Å²) in [5.41, 5.74) is 4.03. The van der Waals surface area contributed by atoms with E-state index in [9.17, 15) is 9.59 Å². The zero-order valence-electron chi connectivity index (χ0n) is 14.6. The number of aryl methyl sites for hydroxylation is 1. The quantitative estimate of drug-likeness (QED) is 0.789. The van der Waals surface area contributed by atoms with Crippen molar-refractivity contribution >= 4 is 17.6 Å². The number of rotatable bonds is 6. The number of carbonyl (C=O) groups excluding carboxylic acids is 2. The Morgan fingerprint density at radius 1 is 1.24 bits per heavy atom. The molecular weight excluding hydrogens is 318 g/mol. The van der Waals surface area contributed by atoms with Gasteiger partial charge in [0.05, 0.1) is 17.9 Å². The molecule has 2 heterocycles. The van der Waals surface area contributed by atoms with Crippen molar-refractivity contribution < 1.29 is 14.3 Å².